The lowest BCUT2D eigenvalue weighted by Crippen LogP contribution is -2.54. The van der Waals surface area contributed by atoms with Crippen LogP contribution < -0.4 is 0 Å². The van der Waals surface area contributed by atoms with Gasteiger partial charge in [0.1, 0.15) is 5.78 Å². The molecule has 0 aliphatic rings. The van der Waals surface area contributed by atoms with Crippen molar-refractivity contribution in [1.29, 1.82) is 0 Å². The van der Waals surface area contributed by atoms with Crippen molar-refractivity contribution in [2.45, 2.75) is 131 Å². The highest BCUT2D eigenvalue weighted by Gasteiger charge is 2.49. The van der Waals surface area contributed by atoms with Gasteiger partial charge in [-0.15, -0.1) is 5.92 Å². The molecule has 5 nitrogen and oxygen atoms in total. The molecule has 0 heterocycles. The topological polar surface area (TPSA) is 61.8 Å². The van der Waals surface area contributed by atoms with Crippen molar-refractivity contribution >= 4 is 28.4 Å². The van der Waals surface area contributed by atoms with Crippen molar-refractivity contribution in [2.24, 2.45) is 17.3 Å². The molecule has 0 aromatic carbocycles. The number of ether oxygens (including phenoxy) is 1. The highest BCUT2D eigenvalue weighted by atomic mass is 28.4. The summed E-state index contributed by atoms with van der Waals surface area (Å²) in [5, 5.41) is -0.0624. The number of methoxy groups -OCH3 is 1. The fourth-order valence-corrected chi connectivity index (χ4v) is 6.45. The first-order valence-electron chi connectivity index (χ1n) is 12.8. The molecule has 0 rings (SSSR count). The van der Waals surface area contributed by atoms with Crippen LogP contribution in [-0.4, -0.2) is 47.7 Å². The van der Waals surface area contributed by atoms with E-state index in [1.807, 2.05) is 34.6 Å². The smallest absolute Gasteiger partial charge is 0.308 e. The molecular formula is C28H54O5Si2. The Morgan fingerprint density at radius 2 is 1.26 bits per heavy atom. The van der Waals surface area contributed by atoms with Gasteiger partial charge in [0, 0.05) is 17.3 Å². The van der Waals surface area contributed by atoms with E-state index in [1.165, 1.54) is 7.11 Å². The summed E-state index contributed by atoms with van der Waals surface area (Å²) in [5.41, 5.74) is -0.919. The lowest BCUT2D eigenvalue weighted by Gasteiger charge is -2.46. The van der Waals surface area contributed by atoms with Gasteiger partial charge in [-0.2, -0.15) is 0 Å². The number of carbonyl (C=O) groups is 2. The first-order valence-corrected chi connectivity index (χ1v) is 18.7. The van der Waals surface area contributed by atoms with Crippen LogP contribution in [0, 0.1) is 29.1 Å². The van der Waals surface area contributed by atoms with Gasteiger partial charge in [-0.3, -0.25) is 9.59 Å². The van der Waals surface area contributed by atoms with E-state index in [0.717, 1.165) is 0 Å². The Morgan fingerprint density at radius 3 is 1.63 bits per heavy atom. The Bertz CT molecular complexity index is 791. The number of ketones is 1. The second-order valence-corrected chi connectivity index (χ2v) is 23.1. The Hall–Kier alpha value is -0.946. The van der Waals surface area contributed by atoms with Crippen molar-refractivity contribution in [2.75, 3.05) is 7.11 Å². The fraction of sp³-hybridized carbons (Fsp3) is 0.857. The van der Waals surface area contributed by atoms with E-state index in [1.54, 1.807) is 0 Å². The Morgan fingerprint density at radius 1 is 0.829 bits per heavy atom. The van der Waals surface area contributed by atoms with Gasteiger partial charge in [-0.1, -0.05) is 68.2 Å². The maximum Gasteiger partial charge on any atom is 0.308 e. The summed E-state index contributed by atoms with van der Waals surface area (Å²) in [7, 11) is -3.07. The predicted molar refractivity (Wildman–Crippen MR) is 151 cm³/mol. The molecule has 7 heteroatoms. The Kier molecular flexibility index (Phi) is 11.7. The minimum atomic E-state index is -2.27. The molecule has 0 radical (unpaired) electrons. The zero-order chi connectivity index (χ0) is 28.2. The van der Waals surface area contributed by atoms with Crippen LogP contribution in [-0.2, 0) is 23.2 Å². The quantitative estimate of drug-likeness (QED) is 0.161. The standard InChI is InChI=1S/C28H54O5Si2/c1-17-18-20(2)24(33-35(15,16)27(7,8)9)21(3)25(30)28(10,11)22(19-23(29)31-12)32-34(13,14)26(4,5)6/h20-22,24H,19H2,1-16H3/t20-,21+,22-,24-/m0/s1. The zero-order valence-corrected chi connectivity index (χ0v) is 27.6. The highest BCUT2D eigenvalue weighted by Crippen LogP contribution is 2.43. The largest absolute Gasteiger partial charge is 0.469 e. The minimum Gasteiger partial charge on any atom is -0.469 e. The van der Waals surface area contributed by atoms with Crippen LogP contribution in [0.25, 0.3) is 0 Å². The summed E-state index contributed by atoms with van der Waals surface area (Å²) in [6.45, 7) is 31.3. The first kappa shape index (κ1) is 34.1. The molecular weight excluding hydrogens is 472 g/mol. The van der Waals surface area contributed by atoms with Crippen LogP contribution in [0.4, 0.5) is 0 Å². The second kappa shape index (κ2) is 12.1. The third kappa shape index (κ3) is 8.84. The molecule has 0 fully saturated rings. The molecule has 0 saturated heterocycles. The third-order valence-corrected chi connectivity index (χ3v) is 17.2. The number of hydrogen-bond acceptors (Lipinski definition) is 5. The van der Waals surface area contributed by atoms with Crippen LogP contribution in [0.3, 0.4) is 0 Å². The van der Waals surface area contributed by atoms with Crippen LogP contribution in [0.15, 0.2) is 0 Å². The number of hydrogen-bond donors (Lipinski definition) is 0. The van der Waals surface area contributed by atoms with E-state index in [2.05, 4.69) is 79.6 Å². The molecule has 0 aliphatic heterocycles. The molecule has 0 spiro atoms. The molecule has 0 unspecified atom stereocenters. The van der Waals surface area contributed by atoms with Crippen LogP contribution in [0.5, 0.6) is 0 Å². The molecule has 4 atom stereocenters. The average molecular weight is 527 g/mol. The first-order chi connectivity index (χ1) is 15.5. The van der Waals surface area contributed by atoms with Gasteiger partial charge < -0.3 is 13.6 Å². The molecule has 0 aromatic heterocycles. The third-order valence-electron chi connectivity index (χ3n) is 8.27. The van der Waals surface area contributed by atoms with E-state index in [9.17, 15) is 9.59 Å². The van der Waals surface area contributed by atoms with Gasteiger partial charge in [-0.05, 0) is 50.1 Å². The fourth-order valence-electron chi connectivity index (χ4n) is 3.57. The van der Waals surface area contributed by atoms with Gasteiger partial charge in [0.2, 0.25) is 0 Å². The average Bonchev–Trinajstić information content (AvgIpc) is 2.68. The van der Waals surface area contributed by atoms with Crippen molar-refractivity contribution < 1.29 is 23.2 Å². The van der Waals surface area contributed by atoms with Crippen LogP contribution in [0.1, 0.15) is 82.6 Å². The molecule has 0 N–H and O–H groups in total. The zero-order valence-electron chi connectivity index (χ0n) is 25.6. The molecule has 204 valence electrons. The molecule has 0 aliphatic carbocycles. The van der Waals surface area contributed by atoms with Gasteiger partial charge >= 0.3 is 5.97 Å². The van der Waals surface area contributed by atoms with E-state index in [-0.39, 0.29) is 40.3 Å². The lowest BCUT2D eigenvalue weighted by atomic mass is 9.73. The highest BCUT2D eigenvalue weighted by molar-refractivity contribution is 6.74. The molecule has 0 saturated carbocycles. The molecule has 0 amide bonds. The summed E-state index contributed by atoms with van der Waals surface area (Å²) in [6.07, 6.45) is -0.902. The van der Waals surface area contributed by atoms with Gasteiger partial charge in [0.25, 0.3) is 0 Å². The maximum atomic E-state index is 14.2. The van der Waals surface area contributed by atoms with E-state index < -0.39 is 34.1 Å². The number of esters is 1. The van der Waals surface area contributed by atoms with Gasteiger partial charge in [0.15, 0.2) is 16.6 Å². The van der Waals surface area contributed by atoms with Crippen LogP contribution in [0.2, 0.25) is 36.3 Å². The molecule has 35 heavy (non-hydrogen) atoms. The summed E-state index contributed by atoms with van der Waals surface area (Å²) in [5.74, 6) is 5.36. The summed E-state index contributed by atoms with van der Waals surface area (Å²) in [4.78, 5) is 26.6. The Balaban J connectivity index is 6.41. The minimum absolute atomic E-state index is 0.00175. The van der Waals surface area contributed by atoms with Crippen LogP contribution >= 0.6 is 0 Å². The van der Waals surface area contributed by atoms with Crippen molar-refractivity contribution in [3.63, 3.8) is 0 Å². The monoisotopic (exact) mass is 526 g/mol. The van der Waals surface area contributed by atoms with E-state index in [0.29, 0.717) is 0 Å². The van der Waals surface area contributed by atoms with Crippen molar-refractivity contribution in [1.82, 2.24) is 0 Å². The SMILES string of the molecule is CC#C[C@H](C)[C@H](O[Si](C)(C)C(C)(C)C)[C@@H](C)C(=O)C(C)(C)[C@H](CC(=O)OC)O[Si](C)(C)C(C)(C)C. The van der Waals surface area contributed by atoms with E-state index >= 15 is 0 Å². The summed E-state index contributed by atoms with van der Waals surface area (Å²) in [6, 6.07) is 0. The normalized spacial score (nSPS) is 17.0. The maximum absolute atomic E-state index is 14.2. The number of rotatable bonds is 11. The number of Topliss-reactive ketones (excluding diaryl/α,β-unsaturated/α-hetero) is 1. The predicted octanol–water partition coefficient (Wildman–Crippen LogP) is 7.22. The van der Waals surface area contributed by atoms with Gasteiger partial charge in [-0.25, -0.2) is 0 Å². The van der Waals surface area contributed by atoms with E-state index in [4.69, 9.17) is 13.6 Å². The van der Waals surface area contributed by atoms with Gasteiger partial charge in [0.05, 0.1) is 25.7 Å². The summed E-state index contributed by atoms with van der Waals surface area (Å²) < 4.78 is 18.5. The second-order valence-electron chi connectivity index (χ2n) is 13.5. The van der Waals surface area contributed by atoms with Crippen molar-refractivity contribution in [3.05, 3.63) is 0 Å². The summed E-state index contributed by atoms with van der Waals surface area (Å²) >= 11 is 0. The lowest BCUT2D eigenvalue weighted by molar-refractivity contribution is -0.148. The Labute approximate surface area is 218 Å². The van der Waals surface area contributed by atoms with Crippen molar-refractivity contribution in [3.8, 4) is 11.8 Å². The molecule has 0 bridgehead atoms. The number of carbonyl (C=O) groups excluding carboxylic acids is 2. The molecule has 0 aromatic rings.